The van der Waals surface area contributed by atoms with E-state index in [2.05, 4.69) is 37.2 Å². The number of nitrogens with one attached hydrogen (secondary N) is 1. The van der Waals surface area contributed by atoms with Gasteiger partial charge in [0.15, 0.2) is 0 Å². The largest absolute Gasteiger partial charge is 0.278 e. The van der Waals surface area contributed by atoms with E-state index in [9.17, 15) is 0 Å². The summed E-state index contributed by atoms with van der Waals surface area (Å²) in [6.45, 7) is 15.4. The van der Waals surface area contributed by atoms with E-state index in [4.69, 9.17) is 0 Å². The van der Waals surface area contributed by atoms with Gasteiger partial charge in [-0.25, -0.2) is 0 Å². The highest BCUT2D eigenvalue weighted by molar-refractivity contribution is 5.59. The van der Waals surface area contributed by atoms with Gasteiger partial charge in [-0.3, -0.25) is 5.10 Å². The molecule has 1 aromatic rings. The van der Waals surface area contributed by atoms with Gasteiger partial charge in [0.2, 0.25) is 0 Å². The average Bonchev–Trinajstić information content (AvgIpc) is 2.69. The van der Waals surface area contributed by atoms with Crippen LogP contribution >= 0.6 is 0 Å². The molecular formula is C12H22N2. The predicted molar refractivity (Wildman–Crippen MR) is 66.1 cm³/mol. The normalized spacial score (nSPS) is 7.43. The van der Waals surface area contributed by atoms with Crippen LogP contribution in [0.25, 0.3) is 12.2 Å². The number of nitrogens with zero attached hydrogens (tertiary/aromatic N) is 1. The van der Waals surface area contributed by atoms with E-state index in [1.165, 1.54) is 6.42 Å². The third kappa shape index (κ3) is 6.23. The van der Waals surface area contributed by atoms with Crippen LogP contribution in [0.15, 0.2) is 19.4 Å². The molecule has 0 aliphatic rings. The first-order valence-corrected chi connectivity index (χ1v) is 5.08. The highest BCUT2D eigenvalue weighted by Crippen LogP contribution is 2.05. The lowest BCUT2D eigenvalue weighted by atomic mass is 10.2. The first kappa shape index (κ1) is 15.2. The minimum absolute atomic E-state index is 0.921. The van der Waals surface area contributed by atoms with E-state index in [1.54, 1.807) is 18.3 Å². The molecule has 0 atom stereocenters. The smallest absolute Gasteiger partial charge is 0.0644 e. The second-order valence-corrected chi connectivity index (χ2v) is 2.35. The maximum Gasteiger partial charge on any atom is 0.0644 e. The Morgan fingerprint density at radius 1 is 1.29 bits per heavy atom. The van der Waals surface area contributed by atoms with Gasteiger partial charge in [-0.05, 0) is 6.08 Å². The zero-order valence-electron chi connectivity index (χ0n) is 9.80. The summed E-state index contributed by atoms with van der Waals surface area (Å²) < 4.78 is 0. The summed E-state index contributed by atoms with van der Waals surface area (Å²) in [4.78, 5) is 0. The van der Waals surface area contributed by atoms with E-state index in [1.807, 2.05) is 13.8 Å². The van der Waals surface area contributed by atoms with Gasteiger partial charge in [-0.1, -0.05) is 53.3 Å². The fraction of sp³-hybridized carbons (Fsp3) is 0.417. The molecule has 0 radical (unpaired) electrons. The Morgan fingerprint density at radius 3 is 2.07 bits per heavy atom. The number of aromatic amines is 1. The van der Waals surface area contributed by atoms with Crippen molar-refractivity contribution in [2.45, 2.75) is 34.1 Å². The van der Waals surface area contributed by atoms with Crippen LogP contribution in [0.5, 0.6) is 0 Å². The summed E-state index contributed by atoms with van der Waals surface area (Å²) in [5, 5.41) is 6.56. The Bertz CT molecular complexity index is 214. The second kappa shape index (κ2) is 11.7. The van der Waals surface area contributed by atoms with Crippen LogP contribution in [0.2, 0.25) is 0 Å². The van der Waals surface area contributed by atoms with E-state index < -0.39 is 0 Å². The molecule has 1 N–H and O–H groups in total. The number of rotatable bonds is 2. The highest BCUT2D eigenvalue weighted by Gasteiger charge is 1.92. The first-order valence-electron chi connectivity index (χ1n) is 5.08. The van der Waals surface area contributed by atoms with Crippen molar-refractivity contribution in [1.29, 1.82) is 0 Å². The SMILES string of the molecule is C=Cc1cn[nH]c1C=C.CC.CCC. The molecule has 0 aliphatic heterocycles. The van der Waals surface area contributed by atoms with Gasteiger partial charge in [-0.2, -0.15) is 5.10 Å². The van der Waals surface area contributed by atoms with Gasteiger partial charge in [0, 0.05) is 5.56 Å². The number of hydrogen-bond donors (Lipinski definition) is 1. The van der Waals surface area contributed by atoms with Crippen molar-refractivity contribution in [1.82, 2.24) is 10.2 Å². The van der Waals surface area contributed by atoms with Crippen molar-refractivity contribution in [3.8, 4) is 0 Å². The third-order valence-corrected chi connectivity index (χ3v) is 1.12. The van der Waals surface area contributed by atoms with Crippen molar-refractivity contribution in [2.75, 3.05) is 0 Å². The molecule has 14 heavy (non-hydrogen) atoms. The Balaban J connectivity index is 0. The Kier molecular flexibility index (Phi) is 12.7. The summed E-state index contributed by atoms with van der Waals surface area (Å²) in [5.74, 6) is 0. The molecule has 0 aliphatic carbocycles. The van der Waals surface area contributed by atoms with Gasteiger partial charge in [0.25, 0.3) is 0 Å². The molecule has 1 aromatic heterocycles. The molecular weight excluding hydrogens is 172 g/mol. The van der Waals surface area contributed by atoms with Crippen LogP contribution in [0.3, 0.4) is 0 Å². The van der Waals surface area contributed by atoms with E-state index in [0.29, 0.717) is 0 Å². The number of aromatic nitrogens is 2. The summed E-state index contributed by atoms with van der Waals surface area (Å²) in [6.07, 6.45) is 6.41. The van der Waals surface area contributed by atoms with Crippen LogP contribution in [0, 0.1) is 0 Å². The summed E-state index contributed by atoms with van der Waals surface area (Å²) in [6, 6.07) is 0. The van der Waals surface area contributed by atoms with Gasteiger partial charge in [0.05, 0.1) is 11.9 Å². The molecule has 0 saturated carbocycles. The van der Waals surface area contributed by atoms with Crippen LogP contribution in [0.1, 0.15) is 45.4 Å². The minimum Gasteiger partial charge on any atom is -0.278 e. The molecule has 0 bridgehead atoms. The van der Waals surface area contributed by atoms with E-state index in [-0.39, 0.29) is 0 Å². The molecule has 80 valence electrons. The van der Waals surface area contributed by atoms with Crippen molar-refractivity contribution in [3.05, 3.63) is 30.6 Å². The van der Waals surface area contributed by atoms with Crippen LogP contribution < -0.4 is 0 Å². The first-order chi connectivity index (χ1) is 6.79. The van der Waals surface area contributed by atoms with Gasteiger partial charge in [-0.15, -0.1) is 0 Å². The van der Waals surface area contributed by atoms with E-state index >= 15 is 0 Å². The third-order valence-electron chi connectivity index (χ3n) is 1.12. The molecule has 0 saturated heterocycles. The zero-order valence-corrected chi connectivity index (χ0v) is 9.80. The topological polar surface area (TPSA) is 28.7 Å². The fourth-order valence-electron chi connectivity index (χ4n) is 0.632. The predicted octanol–water partition coefficient (Wildman–Crippen LogP) is 4.14. The monoisotopic (exact) mass is 194 g/mol. The zero-order chi connectivity index (χ0) is 11.4. The minimum atomic E-state index is 0.921. The summed E-state index contributed by atoms with van der Waals surface area (Å²) in [7, 11) is 0. The van der Waals surface area contributed by atoms with Crippen molar-refractivity contribution >= 4 is 12.2 Å². The maximum atomic E-state index is 3.80. The second-order valence-electron chi connectivity index (χ2n) is 2.35. The summed E-state index contributed by atoms with van der Waals surface area (Å²) in [5.41, 5.74) is 1.91. The lowest BCUT2D eigenvalue weighted by Gasteiger charge is -1.84. The molecule has 0 spiro atoms. The van der Waals surface area contributed by atoms with E-state index in [0.717, 1.165) is 11.3 Å². The van der Waals surface area contributed by atoms with Crippen molar-refractivity contribution < 1.29 is 0 Å². The standard InChI is InChI=1S/C7H8N2.C3H8.C2H6/c1-3-6-5-8-9-7(6)4-2;1-3-2;1-2/h3-5H,1-2H2,(H,8,9);3H2,1-2H3;1-2H3. The molecule has 0 amide bonds. The van der Waals surface area contributed by atoms with Gasteiger partial charge < -0.3 is 0 Å². The van der Waals surface area contributed by atoms with Crippen molar-refractivity contribution in [3.63, 3.8) is 0 Å². The molecule has 2 heteroatoms. The highest BCUT2D eigenvalue weighted by atomic mass is 15.1. The molecule has 0 fully saturated rings. The van der Waals surface area contributed by atoms with Crippen LogP contribution in [-0.2, 0) is 0 Å². The average molecular weight is 194 g/mol. The Hall–Kier alpha value is -1.31. The lowest BCUT2D eigenvalue weighted by Crippen LogP contribution is -1.72. The number of H-pyrrole nitrogens is 1. The molecule has 1 rings (SSSR count). The number of hydrogen-bond acceptors (Lipinski definition) is 1. The Morgan fingerprint density at radius 2 is 1.79 bits per heavy atom. The quantitative estimate of drug-likeness (QED) is 0.753. The lowest BCUT2D eigenvalue weighted by molar-refractivity contribution is 1.08. The van der Waals surface area contributed by atoms with Gasteiger partial charge >= 0.3 is 0 Å². The molecule has 0 aromatic carbocycles. The van der Waals surface area contributed by atoms with Crippen LogP contribution in [-0.4, -0.2) is 10.2 Å². The maximum absolute atomic E-state index is 3.80. The van der Waals surface area contributed by atoms with Crippen LogP contribution in [0.4, 0.5) is 0 Å². The Labute approximate surface area is 87.7 Å². The molecule has 1 heterocycles. The molecule has 2 nitrogen and oxygen atoms in total. The summed E-state index contributed by atoms with van der Waals surface area (Å²) >= 11 is 0. The molecule has 0 unspecified atom stereocenters. The fourth-order valence-corrected chi connectivity index (χ4v) is 0.632. The van der Waals surface area contributed by atoms with Crippen molar-refractivity contribution in [2.24, 2.45) is 0 Å². The van der Waals surface area contributed by atoms with Gasteiger partial charge in [0.1, 0.15) is 0 Å².